The molecule has 1 heterocycles. The fraction of sp³-hybridized carbons (Fsp3) is 0.0625. The summed E-state index contributed by atoms with van der Waals surface area (Å²) in [6.45, 7) is 0. The minimum Gasteiger partial charge on any atom is -0.256 e. The van der Waals surface area contributed by atoms with Crippen LogP contribution in [0.3, 0.4) is 0 Å². The van der Waals surface area contributed by atoms with Gasteiger partial charge in [-0.1, -0.05) is 36.4 Å². The number of halogens is 1. The third kappa shape index (κ3) is 2.47. The van der Waals surface area contributed by atoms with Gasteiger partial charge in [0.05, 0.1) is 27.0 Å². The van der Waals surface area contributed by atoms with Crippen molar-refractivity contribution < 1.29 is 8.60 Å². The third-order valence-corrected chi connectivity index (χ3v) is 4.48. The molecule has 1 unspecified atom stereocenters. The molecule has 0 spiro atoms. The first-order valence-electron chi connectivity index (χ1n) is 6.21. The predicted octanol–water partition coefficient (Wildman–Crippen LogP) is 3.68. The number of aromatic nitrogens is 1. The molecule has 2 aromatic carbocycles. The van der Waals surface area contributed by atoms with E-state index in [1.165, 1.54) is 6.07 Å². The molecule has 0 fully saturated rings. The van der Waals surface area contributed by atoms with E-state index >= 15 is 0 Å². The van der Waals surface area contributed by atoms with Gasteiger partial charge in [-0.25, -0.2) is 4.39 Å². The van der Waals surface area contributed by atoms with Crippen LogP contribution in [0.1, 0.15) is 5.56 Å². The van der Waals surface area contributed by atoms with Crippen LogP contribution in [0.25, 0.3) is 10.9 Å². The maximum Gasteiger partial charge on any atom is 0.139 e. The van der Waals surface area contributed by atoms with Crippen molar-refractivity contribution in [3.05, 3.63) is 72.2 Å². The van der Waals surface area contributed by atoms with Crippen molar-refractivity contribution in [3.8, 4) is 0 Å². The van der Waals surface area contributed by atoms with Gasteiger partial charge < -0.3 is 0 Å². The van der Waals surface area contributed by atoms with Crippen LogP contribution in [0.4, 0.5) is 4.39 Å². The number of hydrogen-bond donors (Lipinski definition) is 0. The second kappa shape index (κ2) is 5.51. The lowest BCUT2D eigenvalue weighted by Crippen LogP contribution is -2.00. The molecular formula is C16H12FNOS. The van der Waals surface area contributed by atoms with E-state index in [9.17, 15) is 8.60 Å². The Balaban J connectivity index is 1.98. The molecule has 3 rings (SSSR count). The summed E-state index contributed by atoms with van der Waals surface area (Å²) in [6.07, 6.45) is 1.71. The Morgan fingerprint density at radius 1 is 1.00 bits per heavy atom. The highest BCUT2D eigenvalue weighted by Crippen LogP contribution is 2.21. The molecule has 0 aliphatic heterocycles. The zero-order valence-electron chi connectivity index (χ0n) is 10.6. The third-order valence-electron chi connectivity index (χ3n) is 3.08. The predicted molar refractivity (Wildman–Crippen MR) is 78.3 cm³/mol. The molecule has 0 aliphatic rings. The Bertz CT molecular complexity index is 783. The van der Waals surface area contributed by atoms with Crippen molar-refractivity contribution in [2.45, 2.75) is 10.6 Å². The summed E-state index contributed by atoms with van der Waals surface area (Å²) < 4.78 is 26.0. The van der Waals surface area contributed by atoms with Crippen LogP contribution in [0, 0.1) is 5.82 Å². The molecule has 4 heteroatoms. The molecule has 1 atom stereocenters. The van der Waals surface area contributed by atoms with Gasteiger partial charge in [-0.05, 0) is 23.8 Å². The first-order chi connectivity index (χ1) is 9.75. The van der Waals surface area contributed by atoms with E-state index in [0.717, 1.165) is 16.5 Å². The van der Waals surface area contributed by atoms with Gasteiger partial charge in [0.15, 0.2) is 0 Å². The van der Waals surface area contributed by atoms with Crippen LogP contribution in [0.15, 0.2) is 65.7 Å². The second-order valence-electron chi connectivity index (χ2n) is 4.41. The summed E-state index contributed by atoms with van der Waals surface area (Å²) in [5.41, 5.74) is 1.68. The average molecular weight is 285 g/mol. The van der Waals surface area contributed by atoms with Crippen molar-refractivity contribution in [1.29, 1.82) is 0 Å². The highest BCUT2D eigenvalue weighted by Gasteiger charge is 2.12. The van der Waals surface area contributed by atoms with Gasteiger partial charge in [-0.15, -0.1) is 0 Å². The highest BCUT2D eigenvalue weighted by molar-refractivity contribution is 7.84. The van der Waals surface area contributed by atoms with Gasteiger partial charge in [0.1, 0.15) is 5.82 Å². The number of nitrogens with zero attached hydrogens (tertiary/aromatic N) is 1. The van der Waals surface area contributed by atoms with Crippen LogP contribution in [-0.4, -0.2) is 9.19 Å². The first-order valence-corrected chi connectivity index (χ1v) is 7.53. The number of pyridine rings is 1. The van der Waals surface area contributed by atoms with E-state index in [1.807, 2.05) is 30.3 Å². The highest BCUT2D eigenvalue weighted by atomic mass is 32.2. The summed E-state index contributed by atoms with van der Waals surface area (Å²) in [4.78, 5) is 4.56. The maximum absolute atomic E-state index is 13.6. The monoisotopic (exact) mass is 285 g/mol. The van der Waals surface area contributed by atoms with Gasteiger partial charge in [0.2, 0.25) is 0 Å². The molecule has 20 heavy (non-hydrogen) atoms. The number of fused-ring (bicyclic) bond motifs is 1. The van der Waals surface area contributed by atoms with Crippen LogP contribution in [-0.2, 0) is 16.6 Å². The number of hydrogen-bond acceptors (Lipinski definition) is 2. The van der Waals surface area contributed by atoms with Crippen LogP contribution in [0.2, 0.25) is 0 Å². The molecule has 0 bridgehead atoms. The van der Waals surface area contributed by atoms with Gasteiger partial charge in [0.25, 0.3) is 0 Å². The maximum atomic E-state index is 13.6. The SMILES string of the molecule is O=S(Cc1cccc2cccnc12)c1ccccc1F. The minimum atomic E-state index is -1.42. The quantitative estimate of drug-likeness (QED) is 0.734. The minimum absolute atomic E-state index is 0.237. The summed E-state index contributed by atoms with van der Waals surface area (Å²) in [5, 5.41) is 0.996. The Hall–Kier alpha value is -2.07. The molecular weight excluding hydrogens is 273 g/mol. The summed E-state index contributed by atoms with van der Waals surface area (Å²) in [5.74, 6) is -0.172. The van der Waals surface area contributed by atoms with E-state index in [-0.39, 0.29) is 10.6 Å². The Morgan fingerprint density at radius 3 is 2.65 bits per heavy atom. The van der Waals surface area contributed by atoms with Crippen LogP contribution < -0.4 is 0 Å². The van der Waals surface area contributed by atoms with Crippen molar-refractivity contribution in [2.75, 3.05) is 0 Å². The van der Waals surface area contributed by atoms with E-state index in [0.29, 0.717) is 0 Å². The van der Waals surface area contributed by atoms with Crippen molar-refractivity contribution >= 4 is 21.7 Å². The van der Waals surface area contributed by atoms with Gasteiger partial charge in [-0.2, -0.15) is 0 Å². The Kier molecular flexibility index (Phi) is 3.56. The van der Waals surface area contributed by atoms with Crippen LogP contribution >= 0.6 is 0 Å². The molecule has 0 N–H and O–H groups in total. The zero-order valence-corrected chi connectivity index (χ0v) is 11.4. The van der Waals surface area contributed by atoms with Gasteiger partial charge in [-0.3, -0.25) is 9.19 Å². The topological polar surface area (TPSA) is 30.0 Å². The molecule has 0 saturated heterocycles. The van der Waals surface area contributed by atoms with Crippen molar-refractivity contribution in [3.63, 3.8) is 0 Å². The Morgan fingerprint density at radius 2 is 1.80 bits per heavy atom. The number of rotatable bonds is 3. The molecule has 0 aliphatic carbocycles. The second-order valence-corrected chi connectivity index (χ2v) is 5.83. The number of para-hydroxylation sites is 1. The van der Waals surface area contributed by atoms with E-state index in [2.05, 4.69) is 4.98 Å². The standard InChI is InChI=1S/C16H12FNOS/c17-14-8-1-2-9-15(14)20(19)11-13-6-3-5-12-7-4-10-18-16(12)13/h1-10H,11H2. The molecule has 1 aromatic heterocycles. The number of benzene rings is 2. The van der Waals surface area contributed by atoms with Crippen molar-refractivity contribution in [2.24, 2.45) is 0 Å². The normalized spacial score (nSPS) is 12.4. The smallest absolute Gasteiger partial charge is 0.139 e. The lowest BCUT2D eigenvalue weighted by Gasteiger charge is -2.06. The molecule has 0 saturated carbocycles. The van der Waals surface area contributed by atoms with Crippen molar-refractivity contribution in [1.82, 2.24) is 4.98 Å². The summed E-state index contributed by atoms with van der Waals surface area (Å²) >= 11 is 0. The lowest BCUT2D eigenvalue weighted by atomic mass is 10.1. The summed E-state index contributed by atoms with van der Waals surface area (Å²) in [6, 6.07) is 15.7. The molecule has 0 radical (unpaired) electrons. The van der Waals surface area contributed by atoms with Gasteiger partial charge in [0, 0.05) is 11.6 Å². The largest absolute Gasteiger partial charge is 0.256 e. The summed E-state index contributed by atoms with van der Waals surface area (Å²) in [7, 11) is -1.42. The molecule has 3 aromatic rings. The van der Waals surface area contributed by atoms with E-state index < -0.39 is 16.6 Å². The van der Waals surface area contributed by atoms with Crippen LogP contribution in [0.5, 0.6) is 0 Å². The Labute approximate surface area is 118 Å². The van der Waals surface area contributed by atoms with E-state index in [1.54, 1.807) is 24.4 Å². The first kappa shape index (κ1) is 12.9. The molecule has 2 nitrogen and oxygen atoms in total. The molecule has 0 amide bonds. The van der Waals surface area contributed by atoms with E-state index in [4.69, 9.17) is 0 Å². The fourth-order valence-corrected chi connectivity index (χ4v) is 3.32. The fourth-order valence-electron chi connectivity index (χ4n) is 2.13. The zero-order chi connectivity index (χ0) is 13.9. The van der Waals surface area contributed by atoms with Gasteiger partial charge >= 0.3 is 0 Å². The average Bonchev–Trinajstić information content (AvgIpc) is 2.48. The lowest BCUT2D eigenvalue weighted by molar-refractivity contribution is 0.595. The molecule has 100 valence electrons.